The Morgan fingerprint density at radius 2 is 2.00 bits per heavy atom. The Hall–Kier alpha value is -1.32. The quantitative estimate of drug-likeness (QED) is 0.867. The molecule has 1 aromatic carbocycles. The molecule has 2 N–H and O–H groups in total. The maximum atomic E-state index is 6.20. The van der Waals surface area contributed by atoms with Crippen molar-refractivity contribution in [3.8, 4) is 0 Å². The fourth-order valence-electron chi connectivity index (χ4n) is 2.22. The standard InChI is InChI=1S/C16H22N2S/c1-3-15(17)14-8-4-5-9-16(14)18(2)11-10-13-7-6-12-19-13/h4-9,12,15H,3,10-11,17H2,1-2H3/t15-/m0/s1. The third kappa shape index (κ3) is 3.58. The molecular weight excluding hydrogens is 252 g/mol. The minimum absolute atomic E-state index is 0.125. The SMILES string of the molecule is CC[C@H](N)c1ccccc1N(C)CCc1cccs1. The Balaban J connectivity index is 2.07. The molecule has 0 bridgehead atoms. The van der Waals surface area contributed by atoms with Crippen LogP contribution in [-0.4, -0.2) is 13.6 Å². The number of likely N-dealkylation sites (N-methyl/N-ethyl adjacent to an activating group) is 1. The van der Waals surface area contributed by atoms with E-state index >= 15 is 0 Å². The van der Waals surface area contributed by atoms with E-state index in [1.165, 1.54) is 16.1 Å². The van der Waals surface area contributed by atoms with Gasteiger partial charge in [0.1, 0.15) is 0 Å². The molecule has 0 radical (unpaired) electrons. The van der Waals surface area contributed by atoms with Gasteiger partial charge in [0.25, 0.3) is 0 Å². The van der Waals surface area contributed by atoms with Crippen LogP contribution < -0.4 is 10.6 Å². The number of hydrogen-bond donors (Lipinski definition) is 1. The summed E-state index contributed by atoms with van der Waals surface area (Å²) in [5, 5.41) is 2.14. The second-order valence-corrected chi connectivity index (χ2v) is 5.86. The molecule has 0 fully saturated rings. The number of benzene rings is 1. The van der Waals surface area contributed by atoms with Crippen LogP contribution >= 0.6 is 11.3 Å². The van der Waals surface area contributed by atoms with Gasteiger partial charge < -0.3 is 10.6 Å². The molecule has 0 unspecified atom stereocenters. The van der Waals surface area contributed by atoms with Gasteiger partial charge in [-0.25, -0.2) is 0 Å². The molecular formula is C16H22N2S. The van der Waals surface area contributed by atoms with Crippen molar-refractivity contribution in [1.82, 2.24) is 0 Å². The minimum Gasteiger partial charge on any atom is -0.374 e. The van der Waals surface area contributed by atoms with E-state index in [0.717, 1.165) is 19.4 Å². The van der Waals surface area contributed by atoms with Gasteiger partial charge in [-0.1, -0.05) is 31.2 Å². The smallest absolute Gasteiger partial charge is 0.0412 e. The lowest BCUT2D eigenvalue weighted by molar-refractivity contribution is 0.694. The fourth-order valence-corrected chi connectivity index (χ4v) is 2.92. The van der Waals surface area contributed by atoms with Crippen LogP contribution in [0, 0.1) is 0 Å². The van der Waals surface area contributed by atoms with Crippen LogP contribution in [0.15, 0.2) is 41.8 Å². The van der Waals surface area contributed by atoms with E-state index < -0.39 is 0 Å². The van der Waals surface area contributed by atoms with Gasteiger partial charge in [-0.2, -0.15) is 0 Å². The first-order chi connectivity index (χ1) is 9.22. The molecule has 2 nitrogen and oxygen atoms in total. The summed E-state index contributed by atoms with van der Waals surface area (Å²) in [6.07, 6.45) is 2.06. The summed E-state index contributed by atoms with van der Waals surface area (Å²) in [4.78, 5) is 3.74. The summed E-state index contributed by atoms with van der Waals surface area (Å²) in [7, 11) is 2.15. The van der Waals surface area contributed by atoms with Crippen molar-refractivity contribution in [2.75, 3.05) is 18.5 Å². The van der Waals surface area contributed by atoms with Gasteiger partial charge in [0, 0.05) is 30.2 Å². The predicted octanol–water partition coefficient (Wildman–Crippen LogP) is 3.84. The number of nitrogens with zero attached hydrogens (tertiary/aromatic N) is 1. The minimum atomic E-state index is 0.125. The highest BCUT2D eigenvalue weighted by Gasteiger charge is 2.12. The number of anilines is 1. The van der Waals surface area contributed by atoms with Gasteiger partial charge in [-0.15, -0.1) is 11.3 Å². The lowest BCUT2D eigenvalue weighted by atomic mass is 10.0. The van der Waals surface area contributed by atoms with Crippen molar-refractivity contribution >= 4 is 17.0 Å². The second-order valence-electron chi connectivity index (χ2n) is 4.82. The molecule has 0 spiro atoms. The van der Waals surface area contributed by atoms with E-state index in [1.54, 1.807) is 0 Å². The van der Waals surface area contributed by atoms with Crippen molar-refractivity contribution in [2.24, 2.45) is 5.73 Å². The van der Waals surface area contributed by atoms with Crippen molar-refractivity contribution in [3.05, 3.63) is 52.2 Å². The van der Waals surface area contributed by atoms with Crippen LogP contribution in [0.2, 0.25) is 0 Å². The van der Waals surface area contributed by atoms with Gasteiger partial charge in [0.05, 0.1) is 0 Å². The number of thiophene rings is 1. The average molecular weight is 274 g/mol. The van der Waals surface area contributed by atoms with Gasteiger partial charge in [0.2, 0.25) is 0 Å². The van der Waals surface area contributed by atoms with Crippen LogP contribution in [0.25, 0.3) is 0 Å². The highest BCUT2D eigenvalue weighted by Crippen LogP contribution is 2.26. The Morgan fingerprint density at radius 3 is 2.68 bits per heavy atom. The van der Waals surface area contributed by atoms with E-state index in [-0.39, 0.29) is 6.04 Å². The Labute approximate surface area is 119 Å². The molecule has 102 valence electrons. The second kappa shape index (κ2) is 6.73. The topological polar surface area (TPSA) is 29.3 Å². The van der Waals surface area contributed by atoms with Crippen molar-refractivity contribution < 1.29 is 0 Å². The molecule has 0 saturated carbocycles. The molecule has 0 aliphatic rings. The maximum Gasteiger partial charge on any atom is 0.0412 e. The van der Waals surface area contributed by atoms with E-state index in [2.05, 4.69) is 60.6 Å². The fraction of sp³-hybridized carbons (Fsp3) is 0.375. The molecule has 0 aliphatic carbocycles. The van der Waals surface area contributed by atoms with Gasteiger partial charge in [-0.05, 0) is 35.9 Å². The summed E-state index contributed by atoms with van der Waals surface area (Å²) in [6.45, 7) is 3.15. The Kier molecular flexibility index (Phi) is 5.00. The first kappa shape index (κ1) is 14.1. The number of para-hydroxylation sites is 1. The Morgan fingerprint density at radius 1 is 1.21 bits per heavy atom. The summed E-state index contributed by atoms with van der Waals surface area (Å²) >= 11 is 1.82. The van der Waals surface area contributed by atoms with Crippen molar-refractivity contribution in [1.29, 1.82) is 0 Å². The highest BCUT2D eigenvalue weighted by molar-refractivity contribution is 7.09. The molecule has 0 aliphatic heterocycles. The van der Waals surface area contributed by atoms with Gasteiger partial charge in [0.15, 0.2) is 0 Å². The number of hydrogen-bond acceptors (Lipinski definition) is 3. The van der Waals surface area contributed by atoms with Crippen LogP contribution in [0.5, 0.6) is 0 Å². The zero-order valence-corrected chi connectivity index (χ0v) is 12.5. The maximum absolute atomic E-state index is 6.20. The van der Waals surface area contributed by atoms with Crippen LogP contribution in [0.4, 0.5) is 5.69 Å². The zero-order chi connectivity index (χ0) is 13.7. The first-order valence-corrected chi connectivity index (χ1v) is 7.68. The normalized spacial score (nSPS) is 12.4. The van der Waals surface area contributed by atoms with Crippen molar-refractivity contribution in [3.63, 3.8) is 0 Å². The van der Waals surface area contributed by atoms with Gasteiger partial charge in [-0.3, -0.25) is 0 Å². The molecule has 1 heterocycles. The predicted molar refractivity (Wildman–Crippen MR) is 85.0 cm³/mol. The highest BCUT2D eigenvalue weighted by atomic mass is 32.1. The molecule has 2 aromatic rings. The van der Waals surface area contributed by atoms with Crippen LogP contribution in [0.3, 0.4) is 0 Å². The summed E-state index contributed by atoms with van der Waals surface area (Å²) in [5.41, 5.74) is 8.71. The zero-order valence-electron chi connectivity index (χ0n) is 11.7. The lowest BCUT2D eigenvalue weighted by Gasteiger charge is -2.24. The first-order valence-electron chi connectivity index (χ1n) is 6.80. The van der Waals surface area contributed by atoms with E-state index in [0.29, 0.717) is 0 Å². The largest absolute Gasteiger partial charge is 0.374 e. The third-order valence-corrected chi connectivity index (χ3v) is 4.40. The van der Waals surface area contributed by atoms with Crippen LogP contribution in [-0.2, 0) is 6.42 Å². The van der Waals surface area contributed by atoms with E-state index in [9.17, 15) is 0 Å². The van der Waals surface area contributed by atoms with E-state index in [4.69, 9.17) is 5.73 Å². The third-order valence-electron chi connectivity index (χ3n) is 3.46. The molecule has 0 saturated heterocycles. The van der Waals surface area contributed by atoms with Gasteiger partial charge >= 0.3 is 0 Å². The molecule has 19 heavy (non-hydrogen) atoms. The summed E-state index contributed by atoms with van der Waals surface area (Å²) < 4.78 is 0. The summed E-state index contributed by atoms with van der Waals surface area (Å²) in [6, 6.07) is 12.9. The number of nitrogens with two attached hydrogens (primary N) is 1. The molecule has 1 atom stereocenters. The molecule has 1 aromatic heterocycles. The Bertz CT molecular complexity index is 493. The monoisotopic (exact) mass is 274 g/mol. The molecule has 0 amide bonds. The molecule has 2 rings (SSSR count). The number of rotatable bonds is 6. The molecule has 3 heteroatoms. The average Bonchev–Trinajstić information content (AvgIpc) is 2.97. The van der Waals surface area contributed by atoms with Crippen molar-refractivity contribution in [2.45, 2.75) is 25.8 Å². The van der Waals surface area contributed by atoms with Crippen LogP contribution in [0.1, 0.15) is 29.8 Å². The lowest BCUT2D eigenvalue weighted by Crippen LogP contribution is -2.23. The van der Waals surface area contributed by atoms with E-state index in [1.807, 2.05) is 11.3 Å². The summed E-state index contributed by atoms with van der Waals surface area (Å²) in [5.74, 6) is 0.